The highest BCUT2D eigenvalue weighted by atomic mass is 32.2. The number of hydrogen-bond acceptors (Lipinski definition) is 5. The van der Waals surface area contributed by atoms with Crippen molar-refractivity contribution in [3.8, 4) is 0 Å². The minimum atomic E-state index is -3.69. The number of carbonyl (C=O) groups is 2. The molecule has 2 aromatic carbocycles. The van der Waals surface area contributed by atoms with Gasteiger partial charge < -0.3 is 10.6 Å². The summed E-state index contributed by atoms with van der Waals surface area (Å²) >= 11 is 1.51. The van der Waals surface area contributed by atoms with Crippen LogP contribution in [0.1, 0.15) is 25.3 Å². The van der Waals surface area contributed by atoms with E-state index in [9.17, 15) is 22.4 Å². The Morgan fingerprint density at radius 1 is 1.24 bits per heavy atom. The first-order valence-electron chi connectivity index (χ1n) is 9.07. The zero-order chi connectivity index (χ0) is 21.0. The molecule has 9 heteroatoms. The number of benzene rings is 2. The van der Waals surface area contributed by atoms with Crippen molar-refractivity contribution in [2.24, 2.45) is 0 Å². The molecule has 0 fully saturated rings. The lowest BCUT2D eigenvalue weighted by atomic mass is 10.2. The second kappa shape index (κ2) is 8.96. The Labute approximate surface area is 173 Å². The second-order valence-electron chi connectivity index (χ2n) is 6.81. The average Bonchev–Trinajstić information content (AvgIpc) is 2.81. The molecule has 0 aromatic heterocycles. The molecule has 0 saturated carbocycles. The van der Waals surface area contributed by atoms with Crippen LogP contribution >= 0.6 is 11.8 Å². The van der Waals surface area contributed by atoms with E-state index in [0.29, 0.717) is 12.1 Å². The van der Waals surface area contributed by atoms with Gasteiger partial charge in [0, 0.05) is 29.5 Å². The smallest absolute Gasteiger partial charge is 0.225 e. The molecular formula is C20H21FN2O4S2. The molecule has 2 N–H and O–H groups in total. The Bertz CT molecular complexity index is 1020. The maximum absolute atomic E-state index is 12.9. The van der Waals surface area contributed by atoms with Crippen molar-refractivity contribution < 1.29 is 22.4 Å². The van der Waals surface area contributed by atoms with E-state index in [-0.39, 0.29) is 40.6 Å². The Morgan fingerprint density at radius 3 is 2.69 bits per heavy atom. The van der Waals surface area contributed by atoms with Crippen LogP contribution < -0.4 is 10.6 Å². The lowest BCUT2D eigenvalue weighted by molar-refractivity contribution is -0.121. The highest BCUT2D eigenvalue weighted by Crippen LogP contribution is 2.36. The molecule has 3 rings (SSSR count). The maximum Gasteiger partial charge on any atom is 0.225 e. The fraction of sp³-hybridized carbons (Fsp3) is 0.300. The molecule has 2 amide bonds. The normalized spacial score (nSPS) is 16.5. The van der Waals surface area contributed by atoms with Gasteiger partial charge in [-0.2, -0.15) is 0 Å². The van der Waals surface area contributed by atoms with E-state index in [1.807, 2.05) is 6.92 Å². The number of sulfone groups is 1. The predicted molar refractivity (Wildman–Crippen MR) is 110 cm³/mol. The number of fused-ring (bicyclic) bond motifs is 1. The zero-order valence-corrected chi connectivity index (χ0v) is 17.4. The second-order valence-corrected chi connectivity index (χ2v) is 10.4. The summed E-state index contributed by atoms with van der Waals surface area (Å²) in [5.74, 6) is -1.28. The van der Waals surface area contributed by atoms with E-state index in [4.69, 9.17) is 0 Å². The van der Waals surface area contributed by atoms with Crippen LogP contribution in [0, 0.1) is 5.82 Å². The van der Waals surface area contributed by atoms with Crippen LogP contribution in [0.4, 0.5) is 10.1 Å². The van der Waals surface area contributed by atoms with Gasteiger partial charge in [-0.05, 0) is 35.9 Å². The van der Waals surface area contributed by atoms with E-state index in [0.717, 1.165) is 10.5 Å². The monoisotopic (exact) mass is 436 g/mol. The molecule has 0 radical (unpaired) electrons. The van der Waals surface area contributed by atoms with Gasteiger partial charge in [-0.15, -0.1) is 11.8 Å². The molecular weight excluding hydrogens is 415 g/mol. The van der Waals surface area contributed by atoms with Crippen molar-refractivity contribution in [1.82, 2.24) is 5.32 Å². The van der Waals surface area contributed by atoms with Gasteiger partial charge >= 0.3 is 0 Å². The van der Waals surface area contributed by atoms with Crippen LogP contribution in [0.15, 0.2) is 52.3 Å². The summed E-state index contributed by atoms with van der Waals surface area (Å²) in [6.45, 7) is 2.13. The van der Waals surface area contributed by atoms with Crippen molar-refractivity contribution in [1.29, 1.82) is 0 Å². The fourth-order valence-electron chi connectivity index (χ4n) is 2.86. The summed E-state index contributed by atoms with van der Waals surface area (Å²) in [5, 5.41) is 5.47. The van der Waals surface area contributed by atoms with Crippen LogP contribution in [-0.2, 0) is 26.0 Å². The van der Waals surface area contributed by atoms with Gasteiger partial charge in [-0.3, -0.25) is 9.59 Å². The third-order valence-corrected chi connectivity index (χ3v) is 7.28. The van der Waals surface area contributed by atoms with Crippen LogP contribution in [0.25, 0.3) is 0 Å². The average molecular weight is 437 g/mol. The quantitative estimate of drug-likeness (QED) is 0.726. The zero-order valence-electron chi connectivity index (χ0n) is 15.8. The summed E-state index contributed by atoms with van der Waals surface area (Å²) in [5.41, 5.74) is 1.20. The summed E-state index contributed by atoms with van der Waals surface area (Å²) in [6, 6.07) is 10.3. The molecule has 6 nitrogen and oxygen atoms in total. The van der Waals surface area contributed by atoms with Gasteiger partial charge in [-0.1, -0.05) is 19.1 Å². The number of nitrogens with one attached hydrogen (secondary N) is 2. The number of carbonyl (C=O) groups excluding carboxylic acids is 2. The first-order chi connectivity index (χ1) is 13.7. The van der Waals surface area contributed by atoms with Crippen molar-refractivity contribution in [2.75, 3.05) is 11.1 Å². The minimum Gasteiger partial charge on any atom is -0.352 e. The van der Waals surface area contributed by atoms with Gasteiger partial charge in [0.15, 0.2) is 9.84 Å². The summed E-state index contributed by atoms with van der Waals surface area (Å²) in [4.78, 5) is 24.8. The predicted octanol–water partition coefficient (Wildman–Crippen LogP) is 3.13. The molecule has 0 saturated heterocycles. The van der Waals surface area contributed by atoms with Crippen LogP contribution in [0.5, 0.6) is 0 Å². The molecule has 0 spiro atoms. The Balaban J connectivity index is 1.61. The fourth-order valence-corrected chi connectivity index (χ4v) is 5.17. The maximum atomic E-state index is 12.9. The number of anilines is 1. The first-order valence-corrected chi connectivity index (χ1v) is 11.6. The van der Waals surface area contributed by atoms with Crippen molar-refractivity contribution in [3.63, 3.8) is 0 Å². The van der Waals surface area contributed by atoms with Crippen molar-refractivity contribution >= 4 is 39.1 Å². The number of halogens is 1. The third kappa shape index (κ3) is 5.80. The topological polar surface area (TPSA) is 92.3 Å². The molecule has 1 aliphatic rings. The molecule has 2 aromatic rings. The molecule has 1 aliphatic heterocycles. The SMILES string of the molecule is C[C@@H]1CC(=O)Nc2cc(S(=O)(=O)CCC(=O)NCc3ccc(F)cc3)ccc2S1. The largest absolute Gasteiger partial charge is 0.352 e. The minimum absolute atomic E-state index is 0.0676. The molecule has 1 heterocycles. The first kappa shape index (κ1) is 21.3. The summed E-state index contributed by atoms with van der Waals surface area (Å²) in [7, 11) is -3.69. The number of thioether (sulfide) groups is 1. The summed E-state index contributed by atoms with van der Waals surface area (Å²) < 4.78 is 38.1. The van der Waals surface area contributed by atoms with Crippen LogP contribution in [0.2, 0.25) is 0 Å². The molecule has 0 aliphatic carbocycles. The van der Waals surface area contributed by atoms with E-state index in [2.05, 4.69) is 10.6 Å². The van der Waals surface area contributed by atoms with Crippen molar-refractivity contribution in [3.05, 3.63) is 53.8 Å². The van der Waals surface area contributed by atoms with Crippen molar-refractivity contribution in [2.45, 2.75) is 41.4 Å². The highest BCUT2D eigenvalue weighted by molar-refractivity contribution is 8.00. The molecule has 29 heavy (non-hydrogen) atoms. The lowest BCUT2D eigenvalue weighted by Gasteiger charge is -2.11. The number of rotatable bonds is 6. The molecule has 0 unspecified atom stereocenters. The Hall–Kier alpha value is -2.39. The van der Waals surface area contributed by atoms with E-state index in [1.54, 1.807) is 18.2 Å². The third-order valence-electron chi connectivity index (χ3n) is 4.39. The molecule has 154 valence electrons. The molecule has 0 bridgehead atoms. The van der Waals surface area contributed by atoms with Gasteiger partial charge in [0.25, 0.3) is 0 Å². The standard InChI is InChI=1S/C20H21FN2O4S2/c1-13-10-20(25)23-17-11-16(6-7-18(17)28-13)29(26,27)9-8-19(24)22-12-14-2-4-15(21)5-3-14/h2-7,11,13H,8-10,12H2,1H3,(H,22,24)(H,23,25)/t13-/m1/s1. The van der Waals surface area contributed by atoms with Gasteiger partial charge in [0.1, 0.15) is 5.82 Å². The number of amides is 2. The molecule has 1 atom stereocenters. The van der Waals surface area contributed by atoms with Crippen LogP contribution in [-0.4, -0.2) is 31.2 Å². The van der Waals surface area contributed by atoms with Gasteiger partial charge in [0.05, 0.1) is 16.3 Å². The Morgan fingerprint density at radius 2 is 1.97 bits per heavy atom. The van der Waals surface area contributed by atoms with E-state index >= 15 is 0 Å². The van der Waals surface area contributed by atoms with Gasteiger partial charge in [0.2, 0.25) is 11.8 Å². The Kier molecular flexibility index (Phi) is 6.59. The highest BCUT2D eigenvalue weighted by Gasteiger charge is 2.22. The van der Waals surface area contributed by atoms with E-state index in [1.165, 1.54) is 36.0 Å². The number of hydrogen-bond donors (Lipinski definition) is 2. The summed E-state index contributed by atoms with van der Waals surface area (Å²) in [6.07, 6.45) is 0.161. The van der Waals surface area contributed by atoms with Crippen LogP contribution in [0.3, 0.4) is 0 Å². The lowest BCUT2D eigenvalue weighted by Crippen LogP contribution is -2.25. The van der Waals surface area contributed by atoms with Gasteiger partial charge in [-0.25, -0.2) is 12.8 Å². The van der Waals surface area contributed by atoms with E-state index < -0.39 is 15.7 Å².